The molecule has 0 bridgehead atoms. The van der Waals surface area contributed by atoms with Gasteiger partial charge in [-0.2, -0.15) is 13.2 Å². The molecule has 0 aliphatic carbocycles. The van der Waals surface area contributed by atoms with Crippen LogP contribution in [0.4, 0.5) is 23.5 Å². The van der Waals surface area contributed by atoms with Gasteiger partial charge in [-0.1, -0.05) is 0 Å². The average molecular weight is 422 g/mol. The molecular weight excluding hydrogens is 396 g/mol. The van der Waals surface area contributed by atoms with Crippen LogP contribution in [0, 0.1) is 11.7 Å². The third-order valence-corrected chi connectivity index (χ3v) is 5.21. The zero-order chi connectivity index (χ0) is 21.8. The maximum atomic E-state index is 13.1. The summed E-state index contributed by atoms with van der Waals surface area (Å²) in [6.45, 7) is 6.97. The molecule has 164 valence electrons. The summed E-state index contributed by atoms with van der Waals surface area (Å²) in [6.07, 6.45) is -0.0416. The number of carboxylic acids is 1. The Kier molecular flexibility index (Phi) is 7.75. The first-order chi connectivity index (χ1) is 13.5. The molecule has 29 heavy (non-hydrogen) atoms. The molecule has 3 heterocycles. The van der Waals surface area contributed by atoms with Gasteiger partial charge in [-0.25, -0.2) is 19.2 Å². The number of piperidine rings is 1. The maximum absolute atomic E-state index is 13.1. The largest absolute Gasteiger partial charge is 0.490 e. The summed E-state index contributed by atoms with van der Waals surface area (Å²) >= 11 is 0. The van der Waals surface area contributed by atoms with E-state index in [1.165, 1.54) is 18.8 Å². The number of carbonyl (C=O) groups is 1. The number of hydrogen-bond donors (Lipinski definition) is 1. The van der Waals surface area contributed by atoms with Crippen LogP contribution in [0.25, 0.3) is 0 Å². The summed E-state index contributed by atoms with van der Waals surface area (Å²) in [5.74, 6) is -2.04. The number of alkyl halides is 3. The topological polar surface area (TPSA) is 78.8 Å². The van der Waals surface area contributed by atoms with E-state index in [-0.39, 0.29) is 6.10 Å². The summed E-state index contributed by atoms with van der Waals surface area (Å²) in [7, 11) is 2.15. The van der Waals surface area contributed by atoms with Crippen LogP contribution in [-0.4, -0.2) is 77.1 Å². The molecule has 0 spiro atoms. The maximum Gasteiger partial charge on any atom is 0.490 e. The van der Waals surface area contributed by atoms with Gasteiger partial charge in [-0.3, -0.25) is 4.90 Å². The van der Waals surface area contributed by atoms with Crippen molar-refractivity contribution in [3.05, 3.63) is 18.2 Å². The second kappa shape index (κ2) is 9.66. The van der Waals surface area contributed by atoms with Crippen molar-refractivity contribution < 1.29 is 32.2 Å². The summed E-state index contributed by atoms with van der Waals surface area (Å²) in [5.41, 5.74) is 0. The molecule has 2 aliphatic rings. The van der Waals surface area contributed by atoms with Gasteiger partial charge in [0.05, 0.1) is 24.5 Å². The monoisotopic (exact) mass is 422 g/mol. The third kappa shape index (κ3) is 6.23. The summed E-state index contributed by atoms with van der Waals surface area (Å²) in [6, 6.07) is 0.762. The zero-order valence-corrected chi connectivity index (χ0v) is 16.6. The lowest BCUT2D eigenvalue weighted by Crippen LogP contribution is -2.61. The highest BCUT2D eigenvalue weighted by atomic mass is 19.4. The van der Waals surface area contributed by atoms with Gasteiger partial charge in [-0.05, 0) is 33.7 Å². The molecular formula is C18H26F4N4O3. The lowest BCUT2D eigenvalue weighted by Gasteiger charge is -2.49. The number of halogens is 4. The minimum Gasteiger partial charge on any atom is -0.475 e. The number of rotatable bonds is 3. The first kappa shape index (κ1) is 23.3. The first-order valence-electron chi connectivity index (χ1n) is 9.36. The van der Waals surface area contributed by atoms with Crippen molar-refractivity contribution >= 4 is 11.9 Å². The van der Waals surface area contributed by atoms with Crippen molar-refractivity contribution in [1.82, 2.24) is 14.9 Å². The first-order valence-corrected chi connectivity index (χ1v) is 9.36. The second-order valence-corrected chi connectivity index (χ2v) is 7.47. The molecule has 0 radical (unpaired) electrons. The minimum absolute atomic E-state index is 0.276. The Balaban J connectivity index is 0.000000370. The number of nitrogens with zero attached hydrogens (tertiary/aromatic N) is 4. The van der Waals surface area contributed by atoms with Crippen LogP contribution in [0.5, 0.6) is 0 Å². The Morgan fingerprint density at radius 1 is 1.31 bits per heavy atom. The van der Waals surface area contributed by atoms with Crippen LogP contribution < -0.4 is 4.90 Å². The standard InChI is InChI=1S/C16H25FN4O.C2HF3O2/c1-11(2)20(3)14-10-21(16-18-7-13(17)8-19-16)9-12-5-4-6-22-15(12)14;3-2(4,5)1(6)7/h7-8,11-12,14-15H,4-6,9-10H2,1-3H3;(H,6,7)/t12-,14+,15-;/m0./s1. The predicted molar refractivity (Wildman–Crippen MR) is 97.0 cm³/mol. The molecule has 7 nitrogen and oxygen atoms in total. The fourth-order valence-corrected chi connectivity index (χ4v) is 3.55. The van der Waals surface area contributed by atoms with Gasteiger partial charge in [-0.15, -0.1) is 0 Å². The van der Waals surface area contributed by atoms with Gasteiger partial charge in [0.15, 0.2) is 5.82 Å². The van der Waals surface area contributed by atoms with Crippen LogP contribution in [0.3, 0.4) is 0 Å². The molecule has 2 fully saturated rings. The van der Waals surface area contributed by atoms with E-state index in [2.05, 4.69) is 40.7 Å². The minimum atomic E-state index is -5.08. The van der Waals surface area contributed by atoms with Crippen molar-refractivity contribution in [2.75, 3.05) is 31.6 Å². The van der Waals surface area contributed by atoms with Gasteiger partial charge < -0.3 is 14.7 Å². The molecule has 0 aromatic carbocycles. The van der Waals surface area contributed by atoms with Gasteiger partial charge in [0.2, 0.25) is 5.95 Å². The van der Waals surface area contributed by atoms with Gasteiger partial charge in [0, 0.05) is 31.7 Å². The van der Waals surface area contributed by atoms with Gasteiger partial charge in [0.1, 0.15) is 0 Å². The number of aromatic nitrogens is 2. The Bertz CT molecular complexity index is 672. The lowest BCUT2D eigenvalue weighted by molar-refractivity contribution is -0.192. The molecule has 3 atom stereocenters. The highest BCUT2D eigenvalue weighted by molar-refractivity contribution is 5.73. The van der Waals surface area contributed by atoms with Crippen LogP contribution in [0.2, 0.25) is 0 Å². The fourth-order valence-electron chi connectivity index (χ4n) is 3.55. The molecule has 0 amide bonds. The van der Waals surface area contributed by atoms with Crippen LogP contribution in [0.1, 0.15) is 26.7 Å². The molecule has 1 aromatic rings. The van der Waals surface area contributed by atoms with E-state index in [1.807, 2.05) is 0 Å². The molecule has 11 heteroatoms. The van der Waals surface area contributed by atoms with Crippen molar-refractivity contribution in [3.63, 3.8) is 0 Å². The summed E-state index contributed by atoms with van der Waals surface area (Å²) in [4.78, 5) is 21.8. The quantitative estimate of drug-likeness (QED) is 0.750. The molecule has 0 saturated carbocycles. The Labute approximate surface area is 166 Å². The highest BCUT2D eigenvalue weighted by Crippen LogP contribution is 2.32. The Morgan fingerprint density at radius 3 is 2.41 bits per heavy atom. The summed E-state index contributed by atoms with van der Waals surface area (Å²) in [5, 5.41) is 7.12. The third-order valence-electron chi connectivity index (χ3n) is 5.21. The molecule has 2 saturated heterocycles. The van der Waals surface area contributed by atoms with E-state index in [1.54, 1.807) is 0 Å². The van der Waals surface area contributed by atoms with Crippen LogP contribution >= 0.6 is 0 Å². The number of fused-ring (bicyclic) bond motifs is 1. The van der Waals surface area contributed by atoms with E-state index in [4.69, 9.17) is 14.6 Å². The second-order valence-electron chi connectivity index (χ2n) is 7.47. The predicted octanol–water partition coefficient (Wildman–Crippen LogP) is 2.57. The van der Waals surface area contributed by atoms with E-state index in [0.717, 1.165) is 26.1 Å². The van der Waals surface area contributed by atoms with Crippen molar-refractivity contribution in [3.8, 4) is 0 Å². The van der Waals surface area contributed by atoms with E-state index >= 15 is 0 Å². The van der Waals surface area contributed by atoms with Crippen LogP contribution in [0.15, 0.2) is 12.4 Å². The fraction of sp³-hybridized carbons (Fsp3) is 0.722. The highest BCUT2D eigenvalue weighted by Gasteiger charge is 2.42. The lowest BCUT2D eigenvalue weighted by atomic mass is 9.84. The van der Waals surface area contributed by atoms with E-state index in [0.29, 0.717) is 23.9 Å². The number of likely N-dealkylation sites (N-methyl/N-ethyl adjacent to an activating group) is 1. The van der Waals surface area contributed by atoms with Crippen molar-refractivity contribution in [2.24, 2.45) is 5.92 Å². The number of aliphatic carboxylic acids is 1. The number of anilines is 1. The normalized spacial score (nSPS) is 24.7. The molecule has 3 rings (SSSR count). The zero-order valence-electron chi connectivity index (χ0n) is 16.6. The number of hydrogen-bond acceptors (Lipinski definition) is 6. The van der Waals surface area contributed by atoms with Gasteiger partial charge >= 0.3 is 12.1 Å². The van der Waals surface area contributed by atoms with Crippen molar-refractivity contribution in [2.45, 2.75) is 51.1 Å². The van der Waals surface area contributed by atoms with Crippen molar-refractivity contribution in [1.29, 1.82) is 0 Å². The van der Waals surface area contributed by atoms with Gasteiger partial charge in [0.25, 0.3) is 0 Å². The average Bonchev–Trinajstić information content (AvgIpc) is 2.66. The summed E-state index contributed by atoms with van der Waals surface area (Å²) < 4.78 is 50.9. The molecule has 0 unspecified atom stereocenters. The molecule has 2 aliphatic heterocycles. The smallest absolute Gasteiger partial charge is 0.475 e. The van der Waals surface area contributed by atoms with E-state index < -0.39 is 18.0 Å². The molecule has 1 aromatic heterocycles. The molecule has 1 N–H and O–H groups in total. The number of ether oxygens (including phenoxy) is 1. The Hall–Kier alpha value is -2.01. The van der Waals surface area contributed by atoms with Crippen LogP contribution in [-0.2, 0) is 9.53 Å². The number of carboxylic acid groups (broad SMARTS) is 1. The van der Waals surface area contributed by atoms with E-state index in [9.17, 15) is 17.6 Å². The Morgan fingerprint density at radius 2 is 1.90 bits per heavy atom. The SMILES string of the molecule is CC(C)N(C)[C@@H]1CN(c2ncc(F)cn2)C[C@@H]2CCCO[C@@H]21.O=C(O)C(F)(F)F.